The molecular formula is C14H19NO5. The maximum absolute atomic E-state index is 11.5. The first kappa shape index (κ1) is 16.0. The number of hydrogen-bond acceptors (Lipinski definition) is 5. The highest BCUT2D eigenvalue weighted by Crippen LogP contribution is 2.17. The van der Waals surface area contributed by atoms with Gasteiger partial charge in [0, 0.05) is 18.9 Å². The predicted octanol–water partition coefficient (Wildman–Crippen LogP) is 1.60. The van der Waals surface area contributed by atoms with Crippen molar-refractivity contribution in [2.45, 2.75) is 13.3 Å². The zero-order valence-corrected chi connectivity index (χ0v) is 11.7. The van der Waals surface area contributed by atoms with Crippen LogP contribution in [-0.4, -0.2) is 38.8 Å². The lowest BCUT2D eigenvalue weighted by molar-refractivity contribution is -0.145. The highest BCUT2D eigenvalue weighted by Gasteiger charge is 2.05. The van der Waals surface area contributed by atoms with Crippen LogP contribution in [0.2, 0.25) is 0 Å². The van der Waals surface area contributed by atoms with Gasteiger partial charge in [-0.15, -0.1) is 0 Å². The molecule has 1 rings (SSSR count). The number of nitrogens with one attached hydrogen (secondary N) is 1. The molecule has 6 nitrogen and oxygen atoms in total. The molecular weight excluding hydrogens is 262 g/mol. The van der Waals surface area contributed by atoms with Gasteiger partial charge in [-0.2, -0.15) is 0 Å². The predicted molar refractivity (Wildman–Crippen MR) is 73.7 cm³/mol. The van der Waals surface area contributed by atoms with Crippen molar-refractivity contribution >= 4 is 17.6 Å². The van der Waals surface area contributed by atoms with Crippen LogP contribution in [0.1, 0.15) is 13.3 Å². The first-order valence-corrected chi connectivity index (χ1v) is 6.33. The van der Waals surface area contributed by atoms with E-state index in [0.29, 0.717) is 24.7 Å². The molecule has 0 atom stereocenters. The molecule has 0 saturated carbocycles. The summed E-state index contributed by atoms with van der Waals surface area (Å²) in [5, 5.41) is 2.71. The largest absolute Gasteiger partial charge is 0.482 e. The number of carbonyl (C=O) groups excluding carboxylic acids is 2. The Bertz CT molecular complexity index is 447. The van der Waals surface area contributed by atoms with Crippen molar-refractivity contribution < 1.29 is 23.8 Å². The first-order chi connectivity index (χ1) is 9.65. The lowest BCUT2D eigenvalue weighted by Crippen LogP contribution is -2.15. The van der Waals surface area contributed by atoms with Crippen molar-refractivity contribution in [2.75, 3.05) is 32.2 Å². The van der Waals surface area contributed by atoms with E-state index in [2.05, 4.69) is 5.32 Å². The van der Waals surface area contributed by atoms with Gasteiger partial charge in [0.1, 0.15) is 5.75 Å². The van der Waals surface area contributed by atoms with Crippen LogP contribution in [0.3, 0.4) is 0 Å². The number of esters is 1. The van der Waals surface area contributed by atoms with Crippen molar-refractivity contribution in [3.05, 3.63) is 24.3 Å². The van der Waals surface area contributed by atoms with Crippen molar-refractivity contribution in [1.29, 1.82) is 0 Å². The molecule has 110 valence electrons. The highest BCUT2D eigenvalue weighted by atomic mass is 16.6. The summed E-state index contributed by atoms with van der Waals surface area (Å²) in [6.45, 7) is 2.26. The summed E-state index contributed by atoms with van der Waals surface area (Å²) in [5.74, 6) is -0.0842. The van der Waals surface area contributed by atoms with Gasteiger partial charge in [0.05, 0.1) is 19.6 Å². The third kappa shape index (κ3) is 6.19. The minimum atomic E-state index is -0.429. The topological polar surface area (TPSA) is 73.9 Å². The van der Waals surface area contributed by atoms with E-state index >= 15 is 0 Å². The number of benzene rings is 1. The lowest BCUT2D eigenvalue weighted by atomic mass is 10.3. The fraction of sp³-hybridized carbons (Fsp3) is 0.429. The molecule has 1 aromatic carbocycles. The Morgan fingerprint density at radius 2 is 2.10 bits per heavy atom. The van der Waals surface area contributed by atoms with Crippen LogP contribution in [0.4, 0.5) is 5.69 Å². The van der Waals surface area contributed by atoms with Gasteiger partial charge in [-0.3, -0.25) is 4.79 Å². The van der Waals surface area contributed by atoms with Gasteiger partial charge in [-0.1, -0.05) is 6.07 Å². The van der Waals surface area contributed by atoms with Crippen LogP contribution in [0, 0.1) is 0 Å². The molecule has 0 aliphatic carbocycles. The summed E-state index contributed by atoms with van der Waals surface area (Å²) in [6.07, 6.45) is 0.282. The van der Waals surface area contributed by atoms with Gasteiger partial charge < -0.3 is 19.5 Å². The summed E-state index contributed by atoms with van der Waals surface area (Å²) in [6, 6.07) is 6.81. The molecule has 1 N–H and O–H groups in total. The van der Waals surface area contributed by atoms with Crippen molar-refractivity contribution in [3.63, 3.8) is 0 Å². The van der Waals surface area contributed by atoms with Gasteiger partial charge in [0.25, 0.3) is 0 Å². The summed E-state index contributed by atoms with van der Waals surface area (Å²) >= 11 is 0. The van der Waals surface area contributed by atoms with E-state index in [1.54, 1.807) is 31.2 Å². The Morgan fingerprint density at radius 3 is 2.80 bits per heavy atom. The maximum Gasteiger partial charge on any atom is 0.344 e. The Labute approximate surface area is 118 Å². The lowest BCUT2D eigenvalue weighted by Gasteiger charge is -2.08. The zero-order valence-electron chi connectivity index (χ0n) is 11.7. The first-order valence-electron chi connectivity index (χ1n) is 6.33. The normalized spacial score (nSPS) is 9.90. The number of methoxy groups -OCH3 is 1. The quantitative estimate of drug-likeness (QED) is 0.733. The van der Waals surface area contributed by atoms with E-state index in [4.69, 9.17) is 14.2 Å². The molecule has 0 aliphatic heterocycles. The monoisotopic (exact) mass is 281 g/mol. The Morgan fingerprint density at radius 1 is 1.30 bits per heavy atom. The van der Waals surface area contributed by atoms with Crippen molar-refractivity contribution in [1.82, 2.24) is 0 Å². The molecule has 0 bridgehead atoms. The molecule has 0 radical (unpaired) electrons. The molecule has 0 spiro atoms. The second-order valence-corrected chi connectivity index (χ2v) is 3.91. The average Bonchev–Trinajstić information content (AvgIpc) is 2.44. The van der Waals surface area contributed by atoms with Crippen LogP contribution in [0.15, 0.2) is 24.3 Å². The van der Waals surface area contributed by atoms with Gasteiger partial charge in [0.2, 0.25) is 5.91 Å². The van der Waals surface area contributed by atoms with E-state index in [1.807, 2.05) is 0 Å². The zero-order chi connectivity index (χ0) is 14.8. The molecule has 1 amide bonds. The number of anilines is 1. The van der Waals surface area contributed by atoms with Crippen LogP contribution < -0.4 is 10.1 Å². The van der Waals surface area contributed by atoms with Gasteiger partial charge >= 0.3 is 5.97 Å². The van der Waals surface area contributed by atoms with Crippen LogP contribution in [0.5, 0.6) is 5.75 Å². The molecule has 6 heteroatoms. The van der Waals surface area contributed by atoms with E-state index in [9.17, 15) is 9.59 Å². The molecule has 0 saturated heterocycles. The van der Waals surface area contributed by atoms with E-state index in [0.717, 1.165) is 0 Å². The van der Waals surface area contributed by atoms with E-state index < -0.39 is 5.97 Å². The summed E-state index contributed by atoms with van der Waals surface area (Å²) in [4.78, 5) is 22.7. The summed E-state index contributed by atoms with van der Waals surface area (Å²) < 4.78 is 14.9. The maximum atomic E-state index is 11.5. The Kier molecular flexibility index (Phi) is 7.13. The standard InChI is InChI=1S/C14H19NO5/c1-3-19-14(17)10-20-12-6-4-5-11(9-12)15-13(16)7-8-18-2/h4-6,9H,3,7-8,10H2,1-2H3,(H,15,16). The summed E-state index contributed by atoms with van der Waals surface area (Å²) in [7, 11) is 1.54. The van der Waals surface area contributed by atoms with Crippen molar-refractivity contribution in [2.24, 2.45) is 0 Å². The van der Waals surface area contributed by atoms with Gasteiger partial charge in [-0.25, -0.2) is 4.79 Å². The number of hydrogen-bond donors (Lipinski definition) is 1. The van der Waals surface area contributed by atoms with Crippen LogP contribution >= 0.6 is 0 Å². The molecule has 0 heterocycles. The minimum absolute atomic E-state index is 0.144. The van der Waals surface area contributed by atoms with E-state index in [1.165, 1.54) is 7.11 Å². The Balaban J connectivity index is 2.48. The Hall–Kier alpha value is -2.08. The smallest absolute Gasteiger partial charge is 0.344 e. The van der Waals surface area contributed by atoms with Gasteiger partial charge in [0.15, 0.2) is 6.61 Å². The molecule has 0 aromatic heterocycles. The van der Waals surface area contributed by atoms with Crippen LogP contribution in [-0.2, 0) is 19.1 Å². The number of rotatable bonds is 8. The van der Waals surface area contributed by atoms with E-state index in [-0.39, 0.29) is 18.9 Å². The summed E-state index contributed by atoms with van der Waals surface area (Å²) in [5.41, 5.74) is 0.604. The molecule has 1 aromatic rings. The fourth-order valence-electron chi connectivity index (χ4n) is 1.43. The second-order valence-electron chi connectivity index (χ2n) is 3.91. The van der Waals surface area contributed by atoms with Crippen molar-refractivity contribution in [3.8, 4) is 5.75 Å². The highest BCUT2D eigenvalue weighted by molar-refractivity contribution is 5.90. The average molecular weight is 281 g/mol. The second kappa shape index (κ2) is 8.92. The number of carbonyl (C=O) groups is 2. The number of ether oxygens (including phenoxy) is 3. The fourth-order valence-corrected chi connectivity index (χ4v) is 1.43. The molecule has 0 unspecified atom stereocenters. The molecule has 20 heavy (non-hydrogen) atoms. The number of amides is 1. The molecule has 0 aliphatic rings. The third-order valence-corrected chi connectivity index (χ3v) is 2.31. The third-order valence-electron chi connectivity index (χ3n) is 2.31. The van der Waals surface area contributed by atoms with Crippen LogP contribution in [0.25, 0.3) is 0 Å². The van der Waals surface area contributed by atoms with Gasteiger partial charge in [-0.05, 0) is 19.1 Å². The molecule has 0 fully saturated rings. The SMILES string of the molecule is CCOC(=O)COc1cccc(NC(=O)CCOC)c1. The minimum Gasteiger partial charge on any atom is -0.482 e.